The van der Waals surface area contributed by atoms with E-state index in [0.29, 0.717) is 17.8 Å². The lowest BCUT2D eigenvalue weighted by atomic mass is 9.83. The van der Waals surface area contributed by atoms with Crippen molar-refractivity contribution < 1.29 is 19.3 Å². The minimum Gasteiger partial charge on any atom is -0.508 e. The number of phenols is 1. The van der Waals surface area contributed by atoms with Crippen LogP contribution in [-0.2, 0) is 48.2 Å². The number of benzene rings is 4. The van der Waals surface area contributed by atoms with Crippen LogP contribution in [0.15, 0.2) is 122 Å². The van der Waals surface area contributed by atoms with Crippen LogP contribution < -0.4 is 4.74 Å². The van der Waals surface area contributed by atoms with E-state index in [1.807, 2.05) is 45.9 Å². The number of nitrogens with zero attached hydrogens (tertiary/aromatic N) is 6. The Morgan fingerprint density at radius 3 is 1.59 bits per heavy atom. The second-order valence-corrected chi connectivity index (χ2v) is 17.1. The third-order valence-electron chi connectivity index (χ3n) is 13.0. The molecule has 0 saturated carbocycles. The summed E-state index contributed by atoms with van der Waals surface area (Å²) in [6, 6.07) is 37.9. The Morgan fingerprint density at radius 2 is 1.08 bits per heavy atom. The molecule has 2 fully saturated rings. The summed E-state index contributed by atoms with van der Waals surface area (Å²) < 4.78 is 23.0. The number of phenolic OH excluding ortho intramolecular Hbond substituents is 1. The first-order valence-corrected chi connectivity index (χ1v) is 22.4. The molecule has 0 spiro atoms. The first kappa shape index (κ1) is 41.1. The predicted octanol–water partition coefficient (Wildman–Crippen LogP) is 8.11. The quantitative estimate of drug-likeness (QED) is 0.140. The van der Waals surface area contributed by atoms with Crippen molar-refractivity contribution in [2.24, 2.45) is 0 Å². The van der Waals surface area contributed by atoms with Gasteiger partial charge in [0.05, 0.1) is 56.0 Å². The highest BCUT2D eigenvalue weighted by molar-refractivity contribution is 5.58. The Bertz CT molecular complexity index is 2350. The third kappa shape index (κ3) is 9.19. The van der Waals surface area contributed by atoms with Gasteiger partial charge in [-0.15, -0.1) is 0 Å². The average molecular weight is 821 g/mol. The smallest absolute Gasteiger partial charge is 0.122 e. The van der Waals surface area contributed by atoms with Gasteiger partial charge in [0.1, 0.15) is 11.5 Å². The maximum atomic E-state index is 10.3. The van der Waals surface area contributed by atoms with Gasteiger partial charge in [0.2, 0.25) is 0 Å². The van der Waals surface area contributed by atoms with Crippen molar-refractivity contribution in [2.45, 2.75) is 102 Å². The topological polar surface area (TPSA) is 90.0 Å². The summed E-state index contributed by atoms with van der Waals surface area (Å²) in [6.07, 6.45) is 10.6. The maximum Gasteiger partial charge on any atom is 0.122 e. The van der Waals surface area contributed by atoms with E-state index in [1.165, 1.54) is 16.7 Å². The monoisotopic (exact) mass is 820 g/mol. The van der Waals surface area contributed by atoms with E-state index in [4.69, 9.17) is 24.4 Å². The van der Waals surface area contributed by atoms with Crippen LogP contribution in [0.4, 0.5) is 0 Å². The van der Waals surface area contributed by atoms with E-state index in [9.17, 15) is 5.11 Å². The van der Waals surface area contributed by atoms with Crippen LogP contribution in [0.25, 0.3) is 22.5 Å². The molecule has 4 heterocycles. The van der Waals surface area contributed by atoms with Gasteiger partial charge in [0.15, 0.2) is 0 Å². The number of ether oxygens (including phenoxy) is 3. The van der Waals surface area contributed by atoms with Gasteiger partial charge in [-0.05, 0) is 85.3 Å². The molecule has 0 radical (unpaired) electrons. The highest BCUT2D eigenvalue weighted by atomic mass is 16.5. The van der Waals surface area contributed by atoms with E-state index < -0.39 is 0 Å². The lowest BCUT2D eigenvalue weighted by molar-refractivity contribution is -0.128. The predicted molar refractivity (Wildman–Crippen MR) is 240 cm³/mol. The molecule has 6 aromatic rings. The molecule has 10 rings (SSSR count). The zero-order valence-corrected chi connectivity index (χ0v) is 35.9. The zero-order chi connectivity index (χ0) is 41.7. The van der Waals surface area contributed by atoms with Crippen LogP contribution in [-0.4, -0.2) is 104 Å². The van der Waals surface area contributed by atoms with Gasteiger partial charge in [-0.2, -0.15) is 10.2 Å². The minimum absolute atomic E-state index is 0.0914. The summed E-state index contributed by atoms with van der Waals surface area (Å²) in [5.74, 6) is 1.39. The number of fused-ring (bicyclic) bond motifs is 4. The van der Waals surface area contributed by atoms with Gasteiger partial charge in [-0.1, -0.05) is 98.8 Å². The number of aromatic nitrogens is 4. The van der Waals surface area contributed by atoms with Crippen LogP contribution in [0.1, 0.15) is 48.9 Å². The van der Waals surface area contributed by atoms with Gasteiger partial charge in [0.25, 0.3) is 0 Å². The standard InChI is InChI=1S/C26H31N3O2.C25H29N3O2/c1-3-13-28-17-21(18-29-14-12-23(27-29)19-8-5-4-6-9-19)31-26-16-22-20(15-24(26)28)10-7-11-25(22)30-2;1-2-12-27-16-20(17-28-13-11-22(26-28)18-7-4-3-5-8-18)30-25-15-21-19(14-23(25)27)9-6-10-24(21)29/h4-12,14,21,24,26H,3,13,15-18H2,1-2H3;3-11,13,20,23,25,29H,2,12,14-17H2,1H3/t21-,24-,26-;20-,23-,25-/m11/s1. The Balaban J connectivity index is 0.000000156. The third-order valence-corrected chi connectivity index (χ3v) is 13.0. The summed E-state index contributed by atoms with van der Waals surface area (Å²) in [5.41, 5.74) is 9.32. The normalized spacial score (nSPS) is 23.5. The molecule has 318 valence electrons. The Morgan fingerprint density at radius 1 is 0.590 bits per heavy atom. The van der Waals surface area contributed by atoms with Crippen LogP contribution in [0, 0.1) is 0 Å². The zero-order valence-electron chi connectivity index (χ0n) is 35.9. The van der Waals surface area contributed by atoms with Crippen molar-refractivity contribution in [1.82, 2.24) is 29.4 Å². The fourth-order valence-electron chi connectivity index (χ4n) is 10.2. The van der Waals surface area contributed by atoms with Crippen LogP contribution in [0.2, 0.25) is 0 Å². The van der Waals surface area contributed by atoms with E-state index in [-0.39, 0.29) is 24.4 Å². The highest BCUT2D eigenvalue weighted by Gasteiger charge is 2.42. The van der Waals surface area contributed by atoms with Gasteiger partial charge in [-0.25, -0.2) is 0 Å². The summed E-state index contributed by atoms with van der Waals surface area (Å²) >= 11 is 0. The number of aromatic hydroxyl groups is 1. The molecule has 61 heavy (non-hydrogen) atoms. The van der Waals surface area contributed by atoms with Gasteiger partial charge < -0.3 is 19.3 Å². The largest absolute Gasteiger partial charge is 0.508 e. The molecule has 1 N–H and O–H groups in total. The van der Waals surface area contributed by atoms with Gasteiger partial charge >= 0.3 is 0 Å². The van der Waals surface area contributed by atoms with Crippen LogP contribution in [0.5, 0.6) is 11.5 Å². The first-order valence-electron chi connectivity index (χ1n) is 22.4. The Kier molecular flexibility index (Phi) is 12.7. The Hall–Kier alpha value is -5.26. The molecule has 0 amide bonds. The molecule has 4 aromatic carbocycles. The van der Waals surface area contributed by atoms with E-state index in [1.54, 1.807) is 13.2 Å². The highest BCUT2D eigenvalue weighted by Crippen LogP contribution is 2.37. The molecule has 4 aliphatic rings. The lowest BCUT2D eigenvalue weighted by Crippen LogP contribution is -2.58. The number of hydrogen-bond acceptors (Lipinski definition) is 8. The molecule has 2 saturated heterocycles. The van der Waals surface area contributed by atoms with Crippen LogP contribution >= 0.6 is 0 Å². The fraction of sp³-hybridized carbons (Fsp3) is 0.412. The number of rotatable bonds is 11. The molecular formula is C51H60N6O4. The number of hydrogen-bond donors (Lipinski definition) is 1. The van der Waals surface area contributed by atoms with Crippen molar-refractivity contribution >= 4 is 0 Å². The van der Waals surface area contributed by atoms with E-state index in [0.717, 1.165) is 112 Å². The second kappa shape index (κ2) is 18.8. The molecule has 6 atom stereocenters. The maximum absolute atomic E-state index is 10.3. The van der Waals surface area contributed by atoms with Crippen molar-refractivity contribution in [3.8, 4) is 34.0 Å². The molecule has 10 heteroatoms. The number of methoxy groups -OCH3 is 1. The molecule has 2 aliphatic carbocycles. The van der Waals surface area contributed by atoms with Crippen molar-refractivity contribution in [2.75, 3.05) is 33.3 Å². The van der Waals surface area contributed by atoms with Gasteiger partial charge in [0, 0.05) is 61.5 Å². The summed E-state index contributed by atoms with van der Waals surface area (Å²) in [6.45, 7) is 10.1. The molecular weight excluding hydrogens is 761 g/mol. The molecule has 0 unspecified atom stereocenters. The first-order chi connectivity index (χ1) is 30.0. The summed E-state index contributed by atoms with van der Waals surface area (Å²) in [4.78, 5) is 5.23. The van der Waals surface area contributed by atoms with E-state index in [2.05, 4.69) is 103 Å². The van der Waals surface area contributed by atoms with Crippen molar-refractivity contribution in [3.05, 3.63) is 144 Å². The Labute approximate surface area is 360 Å². The molecule has 0 bridgehead atoms. The molecule has 2 aromatic heterocycles. The molecule has 2 aliphatic heterocycles. The lowest BCUT2D eigenvalue weighted by Gasteiger charge is -2.47. The fourth-order valence-corrected chi connectivity index (χ4v) is 10.2. The van der Waals surface area contributed by atoms with Crippen molar-refractivity contribution in [1.29, 1.82) is 0 Å². The second-order valence-electron chi connectivity index (χ2n) is 17.1. The summed E-state index contributed by atoms with van der Waals surface area (Å²) in [7, 11) is 1.76. The number of morpholine rings is 2. The molecule has 10 nitrogen and oxygen atoms in total. The summed E-state index contributed by atoms with van der Waals surface area (Å²) in [5, 5.41) is 19.9. The average Bonchev–Trinajstić information content (AvgIpc) is 3.97. The van der Waals surface area contributed by atoms with E-state index >= 15 is 0 Å². The van der Waals surface area contributed by atoms with Gasteiger partial charge in [-0.3, -0.25) is 19.2 Å². The van der Waals surface area contributed by atoms with Crippen molar-refractivity contribution in [3.63, 3.8) is 0 Å². The van der Waals surface area contributed by atoms with Crippen LogP contribution in [0.3, 0.4) is 0 Å². The minimum atomic E-state index is 0.0914. The SMILES string of the molecule is CCCN1C[C@H](Cn2ccc(-c3ccccc3)n2)O[C@@H]2Cc3c(O)cccc3C[C@H]21.CCCN1C[C@H](Cn2ccc(-c3ccccc3)n2)O[C@@H]2Cc3c(cccc3OC)C[C@H]21.